The molecule has 1 aromatic rings. The van der Waals surface area contributed by atoms with E-state index in [1.54, 1.807) is 4.90 Å². The molecule has 0 radical (unpaired) electrons. The van der Waals surface area contributed by atoms with Gasteiger partial charge in [0.1, 0.15) is 5.02 Å². The highest BCUT2D eigenvalue weighted by atomic mass is 35.5. The maximum Gasteiger partial charge on any atom is 0.287 e. The van der Waals surface area contributed by atoms with Gasteiger partial charge in [0.05, 0.1) is 4.92 Å². The van der Waals surface area contributed by atoms with Crippen molar-refractivity contribution in [2.45, 2.75) is 26.7 Å². The van der Waals surface area contributed by atoms with Crippen LogP contribution >= 0.6 is 11.6 Å². The number of piperidine rings is 1. The summed E-state index contributed by atoms with van der Waals surface area (Å²) in [7, 11) is 0. The maximum absolute atomic E-state index is 12.3. The number of hydrogen-bond donors (Lipinski definition) is 0. The zero-order valence-corrected chi connectivity index (χ0v) is 12.3. The van der Waals surface area contributed by atoms with Crippen LogP contribution in [0.25, 0.3) is 0 Å². The summed E-state index contributed by atoms with van der Waals surface area (Å²) in [5.74, 6) is -0.114. The van der Waals surface area contributed by atoms with Crippen molar-refractivity contribution in [2.24, 2.45) is 5.41 Å². The molecule has 0 atom stereocenters. The molecule has 0 bridgehead atoms. The van der Waals surface area contributed by atoms with Crippen molar-refractivity contribution in [3.63, 3.8) is 0 Å². The quantitative estimate of drug-likeness (QED) is 0.619. The second kappa shape index (κ2) is 5.40. The summed E-state index contributed by atoms with van der Waals surface area (Å²) in [5.41, 5.74) is 0.493. The van der Waals surface area contributed by atoms with Crippen LogP contribution in [0.3, 0.4) is 0 Å². The number of carbonyl (C=O) groups is 1. The van der Waals surface area contributed by atoms with E-state index in [1.807, 2.05) is 0 Å². The largest absolute Gasteiger partial charge is 0.339 e. The van der Waals surface area contributed by atoms with Crippen molar-refractivity contribution in [2.75, 3.05) is 13.1 Å². The zero-order chi connectivity index (χ0) is 14.9. The molecule has 1 aromatic carbocycles. The molecule has 1 amide bonds. The van der Waals surface area contributed by atoms with Crippen molar-refractivity contribution in [1.29, 1.82) is 0 Å². The first-order valence-corrected chi connectivity index (χ1v) is 6.91. The number of carbonyl (C=O) groups excluding carboxylic acids is 1. The van der Waals surface area contributed by atoms with E-state index in [4.69, 9.17) is 11.6 Å². The Kier molecular flexibility index (Phi) is 3.99. The third kappa shape index (κ3) is 3.10. The van der Waals surface area contributed by atoms with E-state index in [2.05, 4.69) is 13.8 Å². The standard InChI is InChI=1S/C14H17ClN2O3/c1-14(2)5-7-16(8-6-14)13(18)10-3-4-12(17(19)20)11(15)9-10/h3-4,9H,5-8H2,1-2H3. The number of hydrogen-bond acceptors (Lipinski definition) is 3. The molecule has 1 aliphatic heterocycles. The normalized spacial score (nSPS) is 17.9. The summed E-state index contributed by atoms with van der Waals surface area (Å²) in [6.07, 6.45) is 1.92. The molecule has 0 unspecified atom stereocenters. The van der Waals surface area contributed by atoms with Crippen LogP contribution in [0.4, 0.5) is 5.69 Å². The molecule has 0 saturated carbocycles. The lowest BCUT2D eigenvalue weighted by Gasteiger charge is -2.36. The van der Waals surface area contributed by atoms with Gasteiger partial charge in [0.15, 0.2) is 0 Å². The van der Waals surface area contributed by atoms with Gasteiger partial charge in [-0.2, -0.15) is 0 Å². The van der Waals surface area contributed by atoms with Crippen LogP contribution in [0.15, 0.2) is 18.2 Å². The predicted molar refractivity (Wildman–Crippen MR) is 77.0 cm³/mol. The fraction of sp³-hybridized carbons (Fsp3) is 0.500. The molecule has 5 nitrogen and oxygen atoms in total. The summed E-state index contributed by atoms with van der Waals surface area (Å²) >= 11 is 5.84. The van der Waals surface area contributed by atoms with Crippen molar-refractivity contribution in [3.8, 4) is 0 Å². The molecule has 0 N–H and O–H groups in total. The Morgan fingerprint density at radius 2 is 1.95 bits per heavy atom. The van der Waals surface area contributed by atoms with E-state index in [9.17, 15) is 14.9 Å². The lowest BCUT2D eigenvalue weighted by molar-refractivity contribution is -0.384. The molecule has 1 saturated heterocycles. The summed E-state index contributed by atoms with van der Waals surface area (Å²) in [5, 5.41) is 10.7. The Morgan fingerprint density at radius 1 is 1.35 bits per heavy atom. The number of nitrogens with zero attached hydrogens (tertiary/aromatic N) is 2. The first-order valence-electron chi connectivity index (χ1n) is 6.53. The molecule has 20 heavy (non-hydrogen) atoms. The van der Waals surface area contributed by atoms with Crippen LogP contribution < -0.4 is 0 Å². The van der Waals surface area contributed by atoms with Gasteiger partial charge < -0.3 is 4.90 Å². The van der Waals surface area contributed by atoms with Gasteiger partial charge in [-0.1, -0.05) is 25.4 Å². The van der Waals surface area contributed by atoms with Gasteiger partial charge in [-0.25, -0.2) is 0 Å². The van der Waals surface area contributed by atoms with Crippen LogP contribution in [0.5, 0.6) is 0 Å². The zero-order valence-electron chi connectivity index (χ0n) is 11.6. The predicted octanol–water partition coefficient (Wildman–Crippen LogP) is 3.51. The molecule has 0 spiro atoms. The fourth-order valence-corrected chi connectivity index (χ4v) is 2.54. The SMILES string of the molecule is CC1(C)CCN(C(=O)c2ccc([N+](=O)[O-])c(Cl)c2)CC1. The number of halogens is 1. The number of benzene rings is 1. The number of likely N-dealkylation sites (tertiary alicyclic amines) is 1. The minimum atomic E-state index is -0.556. The van der Waals surface area contributed by atoms with Crippen molar-refractivity contribution >= 4 is 23.2 Å². The highest BCUT2D eigenvalue weighted by Crippen LogP contribution is 2.31. The molecule has 2 rings (SSSR count). The lowest BCUT2D eigenvalue weighted by atomic mass is 9.82. The van der Waals surface area contributed by atoms with Crippen LogP contribution in [-0.2, 0) is 0 Å². The van der Waals surface area contributed by atoms with Crippen molar-refractivity contribution in [3.05, 3.63) is 38.9 Å². The summed E-state index contributed by atoms with van der Waals surface area (Å²) in [6.45, 7) is 5.80. The molecule has 0 aromatic heterocycles. The minimum Gasteiger partial charge on any atom is -0.339 e. The Morgan fingerprint density at radius 3 is 2.45 bits per heavy atom. The monoisotopic (exact) mass is 296 g/mol. The van der Waals surface area contributed by atoms with Gasteiger partial charge in [-0.15, -0.1) is 0 Å². The number of amides is 1. The molecule has 1 heterocycles. The highest BCUT2D eigenvalue weighted by Gasteiger charge is 2.28. The van der Waals surface area contributed by atoms with Gasteiger partial charge in [0.2, 0.25) is 0 Å². The van der Waals surface area contributed by atoms with Gasteiger partial charge in [-0.3, -0.25) is 14.9 Å². The molecular weight excluding hydrogens is 280 g/mol. The fourth-order valence-electron chi connectivity index (χ4n) is 2.29. The minimum absolute atomic E-state index is 0.00168. The Bertz CT molecular complexity index is 547. The van der Waals surface area contributed by atoms with Crippen LogP contribution in [-0.4, -0.2) is 28.8 Å². The number of rotatable bonds is 2. The van der Waals surface area contributed by atoms with Crippen molar-refractivity contribution in [1.82, 2.24) is 4.90 Å². The van der Waals surface area contributed by atoms with E-state index >= 15 is 0 Å². The van der Waals surface area contributed by atoms with E-state index in [-0.39, 0.29) is 22.0 Å². The molecule has 6 heteroatoms. The Hall–Kier alpha value is -1.62. The summed E-state index contributed by atoms with van der Waals surface area (Å²) in [6, 6.07) is 4.12. The topological polar surface area (TPSA) is 63.5 Å². The Labute approximate surface area is 122 Å². The number of nitro groups is 1. The van der Waals surface area contributed by atoms with Crippen LogP contribution in [0, 0.1) is 15.5 Å². The molecule has 108 valence electrons. The van der Waals surface area contributed by atoms with Crippen LogP contribution in [0.2, 0.25) is 5.02 Å². The first-order chi connectivity index (χ1) is 9.30. The number of nitro benzene ring substituents is 1. The van der Waals surface area contributed by atoms with E-state index in [0.717, 1.165) is 12.8 Å². The smallest absolute Gasteiger partial charge is 0.287 e. The first kappa shape index (κ1) is 14.8. The maximum atomic E-state index is 12.3. The van der Waals surface area contributed by atoms with E-state index in [0.29, 0.717) is 18.7 Å². The third-order valence-corrected chi connectivity index (χ3v) is 4.10. The molecule has 1 fully saturated rings. The average Bonchev–Trinajstić information content (AvgIpc) is 2.37. The van der Waals surface area contributed by atoms with Crippen molar-refractivity contribution < 1.29 is 9.72 Å². The highest BCUT2D eigenvalue weighted by molar-refractivity contribution is 6.33. The van der Waals surface area contributed by atoms with Gasteiger partial charge in [0, 0.05) is 24.7 Å². The lowest BCUT2D eigenvalue weighted by Crippen LogP contribution is -2.41. The summed E-state index contributed by atoms with van der Waals surface area (Å²) in [4.78, 5) is 24.3. The van der Waals surface area contributed by atoms with Gasteiger partial charge in [0.25, 0.3) is 11.6 Å². The molecular formula is C14H17ClN2O3. The average molecular weight is 297 g/mol. The molecule has 1 aliphatic rings. The van der Waals surface area contributed by atoms with Gasteiger partial charge in [-0.05, 0) is 30.4 Å². The molecule has 0 aliphatic carbocycles. The summed E-state index contributed by atoms with van der Waals surface area (Å²) < 4.78 is 0. The van der Waals surface area contributed by atoms with E-state index in [1.165, 1.54) is 18.2 Å². The second-order valence-electron chi connectivity index (χ2n) is 5.88. The van der Waals surface area contributed by atoms with Gasteiger partial charge >= 0.3 is 0 Å². The van der Waals surface area contributed by atoms with E-state index < -0.39 is 4.92 Å². The second-order valence-corrected chi connectivity index (χ2v) is 6.29. The third-order valence-electron chi connectivity index (χ3n) is 3.80. The van der Waals surface area contributed by atoms with Crippen LogP contribution in [0.1, 0.15) is 37.0 Å². The Balaban J connectivity index is 2.14.